The Hall–Kier alpha value is -3.91. The van der Waals surface area contributed by atoms with Gasteiger partial charge < -0.3 is 19.2 Å². The van der Waals surface area contributed by atoms with E-state index in [1.165, 1.54) is 5.56 Å². The number of thiocarbonyl (C=S) groups is 1. The predicted octanol–water partition coefficient (Wildman–Crippen LogP) is 5.35. The number of anilines is 1. The molecule has 8 heteroatoms. The van der Waals surface area contributed by atoms with Crippen LogP contribution in [-0.4, -0.2) is 29.2 Å². The molecule has 3 aromatic carbocycles. The Morgan fingerprint density at radius 3 is 2.38 bits per heavy atom. The summed E-state index contributed by atoms with van der Waals surface area (Å²) >= 11 is 5.26. The number of nitrogens with zero attached hydrogens (tertiary/aromatic N) is 1. The summed E-state index contributed by atoms with van der Waals surface area (Å²) in [5, 5.41) is 5.78. The predicted molar refractivity (Wildman–Crippen MR) is 136 cm³/mol. The first kappa shape index (κ1) is 23.3. The fourth-order valence-corrected chi connectivity index (χ4v) is 3.52. The first-order valence-electron chi connectivity index (χ1n) is 11.0. The molecule has 1 heterocycles. The minimum atomic E-state index is -0.350. The largest absolute Gasteiger partial charge is 0.494 e. The first-order valence-corrected chi connectivity index (χ1v) is 11.4. The average Bonchev–Trinajstić information content (AvgIpc) is 3.27. The van der Waals surface area contributed by atoms with Crippen molar-refractivity contribution in [3.05, 3.63) is 72.3 Å². The quantitative estimate of drug-likeness (QED) is 0.332. The van der Waals surface area contributed by atoms with Crippen molar-refractivity contribution < 1.29 is 18.7 Å². The number of nitrogens with one attached hydrogen (secondary N) is 2. The van der Waals surface area contributed by atoms with Crippen molar-refractivity contribution >= 4 is 40.0 Å². The van der Waals surface area contributed by atoms with Gasteiger partial charge in [-0.1, -0.05) is 19.1 Å². The van der Waals surface area contributed by atoms with E-state index in [9.17, 15) is 4.79 Å². The van der Waals surface area contributed by atoms with Crippen molar-refractivity contribution in [2.24, 2.45) is 0 Å². The van der Waals surface area contributed by atoms with Gasteiger partial charge in [0.05, 0.1) is 6.61 Å². The first-order chi connectivity index (χ1) is 16.5. The number of fused-ring (bicyclic) bond motifs is 1. The lowest BCUT2D eigenvalue weighted by molar-refractivity contribution is -0.121. The van der Waals surface area contributed by atoms with Crippen LogP contribution in [-0.2, 0) is 11.2 Å². The highest BCUT2D eigenvalue weighted by Gasteiger charge is 2.11. The molecule has 0 radical (unpaired) electrons. The number of benzene rings is 3. The monoisotopic (exact) mass is 475 g/mol. The molecule has 2 N–H and O–H groups in total. The molecule has 0 bridgehead atoms. The summed E-state index contributed by atoms with van der Waals surface area (Å²) < 4.78 is 16.9. The van der Waals surface area contributed by atoms with Gasteiger partial charge in [0, 0.05) is 11.3 Å². The number of rotatable bonds is 8. The van der Waals surface area contributed by atoms with Crippen molar-refractivity contribution in [3.8, 4) is 23.0 Å². The summed E-state index contributed by atoms with van der Waals surface area (Å²) in [7, 11) is 0. The maximum Gasteiger partial charge on any atom is 0.264 e. The van der Waals surface area contributed by atoms with Gasteiger partial charge in [-0.05, 0) is 85.7 Å². The molecule has 1 amide bonds. The Balaban J connectivity index is 1.34. The van der Waals surface area contributed by atoms with E-state index in [1.54, 1.807) is 18.2 Å². The summed E-state index contributed by atoms with van der Waals surface area (Å²) in [6.45, 7) is 4.50. The van der Waals surface area contributed by atoms with Crippen LogP contribution in [0.3, 0.4) is 0 Å². The highest BCUT2D eigenvalue weighted by atomic mass is 32.1. The zero-order valence-corrected chi connectivity index (χ0v) is 19.8. The van der Waals surface area contributed by atoms with Gasteiger partial charge >= 0.3 is 0 Å². The SMILES string of the molecule is CCOc1ccc(-c2nc3cc(NC(=S)NC(=O)COc4ccc(CC)cc4)ccc3o2)cc1. The van der Waals surface area contributed by atoms with Crippen LogP contribution in [0, 0.1) is 0 Å². The third-order valence-electron chi connectivity index (χ3n) is 5.01. The van der Waals surface area contributed by atoms with Crippen LogP contribution in [0.15, 0.2) is 71.1 Å². The number of amides is 1. The Kier molecular flexibility index (Phi) is 7.39. The normalized spacial score (nSPS) is 10.6. The molecule has 34 heavy (non-hydrogen) atoms. The second-order valence-corrected chi connectivity index (χ2v) is 7.86. The number of carbonyl (C=O) groups excluding carboxylic acids is 1. The van der Waals surface area contributed by atoms with Gasteiger partial charge in [-0.2, -0.15) is 0 Å². The molecule has 0 aliphatic heterocycles. The molecule has 0 aliphatic carbocycles. The second kappa shape index (κ2) is 10.8. The fraction of sp³-hybridized carbons (Fsp3) is 0.192. The number of aromatic nitrogens is 1. The van der Waals surface area contributed by atoms with E-state index >= 15 is 0 Å². The summed E-state index contributed by atoms with van der Waals surface area (Å²) in [4.78, 5) is 16.7. The molecule has 174 valence electrons. The molecule has 0 atom stereocenters. The Labute approximate surface area is 203 Å². The highest BCUT2D eigenvalue weighted by Crippen LogP contribution is 2.27. The van der Waals surface area contributed by atoms with Gasteiger partial charge in [-0.25, -0.2) is 4.98 Å². The van der Waals surface area contributed by atoms with Crippen molar-refractivity contribution in [3.63, 3.8) is 0 Å². The molecule has 0 saturated carbocycles. The maximum atomic E-state index is 12.2. The zero-order valence-electron chi connectivity index (χ0n) is 19.0. The van der Waals surface area contributed by atoms with Gasteiger partial charge in [0.15, 0.2) is 17.3 Å². The summed E-state index contributed by atoms with van der Waals surface area (Å²) in [5.41, 5.74) is 4.05. The molecular formula is C26H25N3O4S. The van der Waals surface area contributed by atoms with E-state index in [2.05, 4.69) is 22.5 Å². The minimum Gasteiger partial charge on any atom is -0.494 e. The smallest absolute Gasteiger partial charge is 0.264 e. The maximum absolute atomic E-state index is 12.2. The van der Waals surface area contributed by atoms with Crippen molar-refractivity contribution in [1.29, 1.82) is 0 Å². The Morgan fingerprint density at radius 1 is 0.971 bits per heavy atom. The summed E-state index contributed by atoms with van der Waals surface area (Å²) in [5.74, 6) is 1.59. The van der Waals surface area contributed by atoms with E-state index in [0.717, 1.165) is 17.7 Å². The topological polar surface area (TPSA) is 85.6 Å². The van der Waals surface area contributed by atoms with Gasteiger partial charge in [0.25, 0.3) is 5.91 Å². The molecule has 7 nitrogen and oxygen atoms in total. The molecule has 0 fully saturated rings. The number of hydrogen-bond acceptors (Lipinski definition) is 6. The van der Waals surface area contributed by atoms with Crippen molar-refractivity contribution in [1.82, 2.24) is 10.3 Å². The van der Waals surface area contributed by atoms with Gasteiger partial charge in [-0.3, -0.25) is 10.1 Å². The molecular weight excluding hydrogens is 450 g/mol. The van der Waals surface area contributed by atoms with Crippen LogP contribution in [0.1, 0.15) is 19.4 Å². The molecule has 4 rings (SSSR count). The zero-order chi connectivity index (χ0) is 23.9. The fourth-order valence-electron chi connectivity index (χ4n) is 3.28. The van der Waals surface area contributed by atoms with Crippen LogP contribution < -0.4 is 20.1 Å². The number of ether oxygens (including phenoxy) is 2. The molecule has 0 spiro atoms. The Bertz CT molecular complexity index is 1280. The standard InChI is InChI=1S/C26H25N3O4S/c1-3-17-5-10-21(11-6-17)32-16-24(30)29-26(34)27-19-9-14-23-22(15-19)28-25(33-23)18-7-12-20(13-8-18)31-4-2/h5-15H,3-4,16H2,1-2H3,(H2,27,29,30,34). The second-order valence-electron chi connectivity index (χ2n) is 7.45. The minimum absolute atomic E-state index is 0.138. The number of hydrogen-bond donors (Lipinski definition) is 2. The highest BCUT2D eigenvalue weighted by molar-refractivity contribution is 7.80. The van der Waals surface area contributed by atoms with Gasteiger partial charge in [-0.15, -0.1) is 0 Å². The van der Waals surface area contributed by atoms with Gasteiger partial charge in [0.1, 0.15) is 17.0 Å². The molecule has 0 saturated heterocycles. The third kappa shape index (κ3) is 5.90. The number of oxazole rings is 1. The summed E-state index contributed by atoms with van der Waals surface area (Å²) in [6, 6.07) is 20.6. The number of aryl methyl sites for hydroxylation is 1. The molecule has 1 aromatic heterocycles. The lowest BCUT2D eigenvalue weighted by Gasteiger charge is -2.10. The van der Waals surface area contributed by atoms with Crippen LogP contribution in [0.4, 0.5) is 5.69 Å². The van der Waals surface area contributed by atoms with Crippen LogP contribution >= 0.6 is 12.2 Å². The van der Waals surface area contributed by atoms with E-state index in [4.69, 9.17) is 26.1 Å². The summed E-state index contributed by atoms with van der Waals surface area (Å²) in [6.07, 6.45) is 0.948. The van der Waals surface area contributed by atoms with Gasteiger partial charge in [0.2, 0.25) is 5.89 Å². The third-order valence-corrected chi connectivity index (χ3v) is 5.22. The van der Waals surface area contributed by atoms with E-state index in [0.29, 0.717) is 35.0 Å². The lowest BCUT2D eigenvalue weighted by Crippen LogP contribution is -2.37. The van der Waals surface area contributed by atoms with E-state index in [1.807, 2.05) is 55.5 Å². The number of carbonyl (C=O) groups is 1. The van der Waals surface area contributed by atoms with E-state index in [-0.39, 0.29) is 17.6 Å². The lowest BCUT2D eigenvalue weighted by atomic mass is 10.2. The average molecular weight is 476 g/mol. The molecule has 0 unspecified atom stereocenters. The van der Waals surface area contributed by atoms with E-state index < -0.39 is 0 Å². The van der Waals surface area contributed by atoms with Crippen LogP contribution in [0.25, 0.3) is 22.6 Å². The van der Waals surface area contributed by atoms with Crippen LogP contribution in [0.2, 0.25) is 0 Å². The molecule has 4 aromatic rings. The Morgan fingerprint density at radius 2 is 1.68 bits per heavy atom. The van der Waals surface area contributed by atoms with Crippen molar-refractivity contribution in [2.45, 2.75) is 20.3 Å². The van der Waals surface area contributed by atoms with Crippen molar-refractivity contribution in [2.75, 3.05) is 18.5 Å². The van der Waals surface area contributed by atoms with Crippen LogP contribution in [0.5, 0.6) is 11.5 Å². The molecule has 0 aliphatic rings.